The molecular weight excluding hydrogens is 271 g/mol. The number of aliphatic imine (C=N–C) groups is 1. The summed E-state index contributed by atoms with van der Waals surface area (Å²) in [6.07, 6.45) is -2.79. The molecule has 0 atom stereocenters. The van der Waals surface area contributed by atoms with Crippen molar-refractivity contribution in [2.24, 2.45) is 4.99 Å². The molecule has 0 fully saturated rings. The summed E-state index contributed by atoms with van der Waals surface area (Å²) in [5.74, 6) is 0. The molecule has 0 aliphatic carbocycles. The number of nitrogens with zero attached hydrogens (tertiary/aromatic N) is 1. The van der Waals surface area contributed by atoms with Gasteiger partial charge in [0, 0.05) is 10.7 Å². The minimum atomic E-state index is -4.34. The van der Waals surface area contributed by atoms with E-state index >= 15 is 0 Å². The van der Waals surface area contributed by atoms with Gasteiger partial charge in [-0.3, -0.25) is 4.99 Å². The molecule has 0 spiro atoms. The van der Waals surface area contributed by atoms with E-state index in [1.54, 1.807) is 20.1 Å². The largest absolute Gasteiger partial charge is 0.417 e. The smallest absolute Gasteiger partial charge is 0.261 e. The van der Waals surface area contributed by atoms with Crippen molar-refractivity contribution in [3.05, 3.63) is 27.7 Å². The number of benzene rings is 1. The fraction of sp³-hybridized carbons (Fsp3) is 0.300. The van der Waals surface area contributed by atoms with E-state index < -0.39 is 11.7 Å². The molecular formula is C10H9BrF3N. The van der Waals surface area contributed by atoms with Crippen LogP contribution in [0.4, 0.5) is 18.9 Å². The lowest BCUT2D eigenvalue weighted by Gasteiger charge is -2.11. The molecule has 5 heteroatoms. The Bertz CT molecular complexity index is 396. The maximum Gasteiger partial charge on any atom is 0.417 e. The van der Waals surface area contributed by atoms with Gasteiger partial charge in [0.05, 0.1) is 11.3 Å². The van der Waals surface area contributed by atoms with Gasteiger partial charge in [-0.1, -0.05) is 15.9 Å². The highest BCUT2D eigenvalue weighted by Crippen LogP contribution is 2.38. The van der Waals surface area contributed by atoms with Crippen LogP contribution >= 0.6 is 15.9 Å². The molecule has 0 saturated carbocycles. The topological polar surface area (TPSA) is 12.4 Å². The van der Waals surface area contributed by atoms with Crippen molar-refractivity contribution in [3.8, 4) is 0 Å². The van der Waals surface area contributed by atoms with Crippen LogP contribution in [0.3, 0.4) is 0 Å². The summed E-state index contributed by atoms with van der Waals surface area (Å²) < 4.78 is 37.4. The third-order valence-corrected chi connectivity index (χ3v) is 2.52. The number of halogens is 4. The molecule has 1 aromatic carbocycles. The second kappa shape index (κ2) is 4.35. The Balaban J connectivity index is 3.32. The van der Waals surface area contributed by atoms with Crippen molar-refractivity contribution in [3.63, 3.8) is 0 Å². The summed E-state index contributed by atoms with van der Waals surface area (Å²) in [5, 5.41) is 0. The van der Waals surface area contributed by atoms with Crippen molar-refractivity contribution >= 4 is 27.8 Å². The number of rotatable bonds is 1. The third kappa shape index (κ3) is 2.81. The Morgan fingerprint density at radius 1 is 1.33 bits per heavy atom. The van der Waals surface area contributed by atoms with Crippen LogP contribution in [0.25, 0.3) is 0 Å². The first-order valence-corrected chi connectivity index (χ1v) is 5.01. The molecule has 0 heterocycles. The first-order valence-electron chi connectivity index (χ1n) is 4.22. The van der Waals surface area contributed by atoms with Gasteiger partial charge in [0.15, 0.2) is 0 Å². The summed E-state index contributed by atoms with van der Waals surface area (Å²) in [7, 11) is 0. The average molecular weight is 280 g/mol. The van der Waals surface area contributed by atoms with Crippen LogP contribution in [0.15, 0.2) is 21.6 Å². The highest BCUT2D eigenvalue weighted by molar-refractivity contribution is 9.10. The predicted octanol–water partition coefficient (Wildman–Crippen LogP) is 4.50. The molecule has 0 aliphatic heterocycles. The zero-order valence-electron chi connectivity index (χ0n) is 8.19. The number of aryl methyl sites for hydroxylation is 1. The van der Waals surface area contributed by atoms with Crippen LogP contribution in [-0.4, -0.2) is 6.21 Å². The van der Waals surface area contributed by atoms with Gasteiger partial charge in [-0.05, 0) is 31.5 Å². The standard InChI is InChI=1S/C10H9BrF3N/c1-3-15-9-5-8(11)7(4-6(9)2)10(12,13)14/h3-5H,1-2H3. The van der Waals surface area contributed by atoms with E-state index in [9.17, 15) is 13.2 Å². The summed E-state index contributed by atoms with van der Waals surface area (Å²) in [6, 6.07) is 2.46. The summed E-state index contributed by atoms with van der Waals surface area (Å²) in [6.45, 7) is 3.31. The lowest BCUT2D eigenvalue weighted by Crippen LogP contribution is -2.06. The van der Waals surface area contributed by atoms with Gasteiger partial charge in [0.25, 0.3) is 0 Å². The van der Waals surface area contributed by atoms with Gasteiger partial charge >= 0.3 is 6.18 Å². The minimum Gasteiger partial charge on any atom is -0.261 e. The number of hydrogen-bond acceptors (Lipinski definition) is 1. The average Bonchev–Trinajstić information content (AvgIpc) is 2.09. The molecule has 1 aromatic rings. The molecule has 1 nitrogen and oxygen atoms in total. The molecule has 0 N–H and O–H groups in total. The lowest BCUT2D eigenvalue weighted by atomic mass is 10.1. The molecule has 0 saturated heterocycles. The van der Waals surface area contributed by atoms with E-state index in [0.717, 1.165) is 6.07 Å². The van der Waals surface area contributed by atoms with E-state index in [1.165, 1.54) is 6.07 Å². The second-order valence-corrected chi connectivity index (χ2v) is 3.86. The van der Waals surface area contributed by atoms with Gasteiger partial charge in [-0.2, -0.15) is 13.2 Å². The van der Waals surface area contributed by atoms with Crippen molar-refractivity contribution in [1.29, 1.82) is 0 Å². The molecule has 15 heavy (non-hydrogen) atoms. The molecule has 82 valence electrons. The molecule has 0 aliphatic rings. The highest BCUT2D eigenvalue weighted by atomic mass is 79.9. The zero-order chi connectivity index (χ0) is 11.6. The summed E-state index contributed by atoms with van der Waals surface area (Å²) in [4.78, 5) is 3.97. The van der Waals surface area contributed by atoms with E-state index in [4.69, 9.17) is 0 Å². The van der Waals surface area contributed by atoms with Crippen LogP contribution in [0.1, 0.15) is 18.1 Å². The first-order chi connectivity index (χ1) is 6.86. The van der Waals surface area contributed by atoms with E-state index in [-0.39, 0.29) is 4.47 Å². The van der Waals surface area contributed by atoms with Gasteiger partial charge in [-0.25, -0.2) is 0 Å². The second-order valence-electron chi connectivity index (χ2n) is 3.00. The molecule has 0 bridgehead atoms. The monoisotopic (exact) mass is 279 g/mol. The molecule has 0 radical (unpaired) electrons. The maximum absolute atomic E-state index is 12.5. The Kier molecular flexibility index (Phi) is 3.54. The van der Waals surface area contributed by atoms with Crippen LogP contribution in [0, 0.1) is 6.92 Å². The number of hydrogen-bond donors (Lipinski definition) is 0. The molecule has 0 unspecified atom stereocenters. The van der Waals surface area contributed by atoms with Crippen molar-refractivity contribution in [2.45, 2.75) is 20.0 Å². The van der Waals surface area contributed by atoms with Crippen molar-refractivity contribution < 1.29 is 13.2 Å². The Labute approximate surface area is 94.2 Å². The fourth-order valence-electron chi connectivity index (χ4n) is 1.17. The Morgan fingerprint density at radius 2 is 1.93 bits per heavy atom. The van der Waals surface area contributed by atoms with Crippen LogP contribution < -0.4 is 0 Å². The van der Waals surface area contributed by atoms with Crippen LogP contribution in [0.2, 0.25) is 0 Å². The Morgan fingerprint density at radius 3 is 2.40 bits per heavy atom. The Hall–Kier alpha value is -0.840. The van der Waals surface area contributed by atoms with E-state index in [0.29, 0.717) is 11.3 Å². The van der Waals surface area contributed by atoms with Crippen LogP contribution in [-0.2, 0) is 6.18 Å². The minimum absolute atomic E-state index is 0.0150. The summed E-state index contributed by atoms with van der Waals surface area (Å²) >= 11 is 2.89. The van der Waals surface area contributed by atoms with Gasteiger partial charge in [0.2, 0.25) is 0 Å². The lowest BCUT2D eigenvalue weighted by molar-refractivity contribution is -0.138. The quantitative estimate of drug-likeness (QED) is 0.672. The van der Waals surface area contributed by atoms with Gasteiger partial charge < -0.3 is 0 Å². The molecule has 1 rings (SSSR count). The van der Waals surface area contributed by atoms with Gasteiger partial charge in [0.1, 0.15) is 0 Å². The third-order valence-electron chi connectivity index (χ3n) is 1.86. The van der Waals surface area contributed by atoms with Crippen molar-refractivity contribution in [2.75, 3.05) is 0 Å². The molecule has 0 aromatic heterocycles. The maximum atomic E-state index is 12.5. The van der Waals surface area contributed by atoms with Crippen LogP contribution in [0.5, 0.6) is 0 Å². The number of alkyl halides is 3. The van der Waals surface area contributed by atoms with Crippen molar-refractivity contribution in [1.82, 2.24) is 0 Å². The van der Waals surface area contributed by atoms with Gasteiger partial charge in [-0.15, -0.1) is 0 Å². The normalized spacial score (nSPS) is 12.4. The SMILES string of the molecule is CC=Nc1cc(Br)c(C(F)(F)F)cc1C. The van der Waals surface area contributed by atoms with E-state index in [2.05, 4.69) is 20.9 Å². The fourth-order valence-corrected chi connectivity index (χ4v) is 1.72. The molecule has 0 amide bonds. The summed E-state index contributed by atoms with van der Waals surface area (Å²) in [5.41, 5.74) is 0.371. The predicted molar refractivity (Wildman–Crippen MR) is 57.7 cm³/mol. The van der Waals surface area contributed by atoms with E-state index in [1.807, 2.05) is 0 Å². The highest BCUT2D eigenvalue weighted by Gasteiger charge is 2.33. The first kappa shape index (κ1) is 12.2. The zero-order valence-corrected chi connectivity index (χ0v) is 9.78.